The van der Waals surface area contributed by atoms with Crippen molar-refractivity contribution in [3.8, 4) is 0 Å². The second kappa shape index (κ2) is 5.76. The van der Waals surface area contributed by atoms with E-state index in [-0.39, 0.29) is 17.8 Å². The van der Waals surface area contributed by atoms with Crippen molar-refractivity contribution in [2.24, 2.45) is 0 Å². The van der Waals surface area contributed by atoms with Gasteiger partial charge in [0, 0.05) is 17.2 Å². The smallest absolute Gasteiger partial charge is 0.325 e. The molecule has 0 aliphatic rings. The van der Waals surface area contributed by atoms with E-state index in [0.29, 0.717) is 5.56 Å². The predicted molar refractivity (Wildman–Crippen MR) is 62.2 cm³/mol. The summed E-state index contributed by atoms with van der Waals surface area (Å²) in [5.41, 5.74) is 0.446. The molecule has 0 saturated carbocycles. The zero-order valence-electron chi connectivity index (χ0n) is 9.93. The molecule has 0 heterocycles. The lowest BCUT2D eigenvalue weighted by molar-refractivity contribution is -0.385. The lowest BCUT2D eigenvalue weighted by Gasteiger charge is -2.04. The first-order chi connectivity index (χ1) is 8.45. The minimum atomic E-state index is -0.593. The summed E-state index contributed by atoms with van der Waals surface area (Å²) in [6.45, 7) is 1.30. The van der Waals surface area contributed by atoms with Gasteiger partial charge in [0.2, 0.25) is 0 Å². The van der Waals surface area contributed by atoms with Crippen LogP contribution in [0.1, 0.15) is 15.9 Å². The van der Waals surface area contributed by atoms with Crippen LogP contribution in [0.4, 0.5) is 5.69 Å². The Morgan fingerprint density at radius 2 is 2.11 bits per heavy atom. The summed E-state index contributed by atoms with van der Waals surface area (Å²) in [4.78, 5) is 32.6. The normalized spacial score (nSPS) is 9.67. The monoisotopic (exact) mass is 252 g/mol. The van der Waals surface area contributed by atoms with E-state index >= 15 is 0 Å². The average molecular weight is 252 g/mol. The molecular formula is C11H12N2O5. The van der Waals surface area contributed by atoms with Crippen LogP contribution in [-0.2, 0) is 9.53 Å². The van der Waals surface area contributed by atoms with Crippen molar-refractivity contribution in [2.75, 3.05) is 13.7 Å². The Bertz CT molecular complexity index is 498. The van der Waals surface area contributed by atoms with E-state index in [2.05, 4.69) is 10.1 Å². The van der Waals surface area contributed by atoms with Gasteiger partial charge in [-0.15, -0.1) is 0 Å². The standard InChI is InChI=1S/C11H12N2O5/c1-7-3-4-8(5-9(7)13(16)17)11(15)12-6-10(14)18-2/h3-5H,6H2,1-2H3,(H,12,15). The van der Waals surface area contributed by atoms with E-state index < -0.39 is 16.8 Å². The number of nitro groups is 1. The fraction of sp³-hybridized carbons (Fsp3) is 0.273. The van der Waals surface area contributed by atoms with Gasteiger partial charge in [0.15, 0.2) is 0 Å². The number of hydrogen-bond acceptors (Lipinski definition) is 5. The molecule has 7 nitrogen and oxygen atoms in total. The molecule has 0 aliphatic heterocycles. The lowest BCUT2D eigenvalue weighted by atomic mass is 10.1. The van der Waals surface area contributed by atoms with Gasteiger partial charge in [-0.25, -0.2) is 0 Å². The average Bonchev–Trinajstić information content (AvgIpc) is 2.35. The van der Waals surface area contributed by atoms with Crippen molar-refractivity contribution in [3.05, 3.63) is 39.4 Å². The summed E-state index contributed by atoms with van der Waals surface area (Å²) in [6, 6.07) is 4.10. The first-order valence-electron chi connectivity index (χ1n) is 5.05. The molecule has 0 bridgehead atoms. The summed E-state index contributed by atoms with van der Waals surface area (Å²) in [6.07, 6.45) is 0. The third-order valence-electron chi connectivity index (χ3n) is 2.29. The number of nitrogens with one attached hydrogen (secondary N) is 1. The van der Waals surface area contributed by atoms with Crippen molar-refractivity contribution < 1.29 is 19.2 Å². The Labute approximate surface area is 103 Å². The quantitative estimate of drug-likeness (QED) is 0.485. The van der Waals surface area contributed by atoms with Crippen molar-refractivity contribution >= 4 is 17.6 Å². The van der Waals surface area contributed by atoms with Crippen LogP contribution < -0.4 is 5.32 Å². The topological polar surface area (TPSA) is 98.5 Å². The maximum atomic E-state index is 11.6. The number of amides is 1. The van der Waals surface area contributed by atoms with Gasteiger partial charge in [0.1, 0.15) is 6.54 Å². The van der Waals surface area contributed by atoms with Crippen molar-refractivity contribution in [1.29, 1.82) is 0 Å². The van der Waals surface area contributed by atoms with E-state index in [4.69, 9.17) is 0 Å². The van der Waals surface area contributed by atoms with Gasteiger partial charge >= 0.3 is 5.97 Å². The van der Waals surface area contributed by atoms with Crippen molar-refractivity contribution in [1.82, 2.24) is 5.32 Å². The minimum Gasteiger partial charge on any atom is -0.468 e. The molecule has 1 aromatic carbocycles. The number of aryl methyl sites for hydroxylation is 1. The highest BCUT2D eigenvalue weighted by Crippen LogP contribution is 2.19. The number of nitro benzene ring substituents is 1. The van der Waals surface area contributed by atoms with Gasteiger partial charge in [0.05, 0.1) is 12.0 Å². The number of benzene rings is 1. The highest BCUT2D eigenvalue weighted by Gasteiger charge is 2.15. The third-order valence-corrected chi connectivity index (χ3v) is 2.29. The molecule has 0 atom stereocenters. The van der Waals surface area contributed by atoms with Gasteiger partial charge in [-0.3, -0.25) is 19.7 Å². The number of esters is 1. The molecule has 1 aromatic rings. The fourth-order valence-corrected chi connectivity index (χ4v) is 1.27. The molecule has 0 aliphatic carbocycles. The highest BCUT2D eigenvalue weighted by molar-refractivity contribution is 5.96. The number of ether oxygens (including phenoxy) is 1. The van der Waals surface area contributed by atoms with Crippen LogP contribution in [0.5, 0.6) is 0 Å². The molecule has 1 N–H and O–H groups in total. The van der Waals surface area contributed by atoms with Crippen LogP contribution in [0.15, 0.2) is 18.2 Å². The minimum absolute atomic E-state index is 0.121. The maximum Gasteiger partial charge on any atom is 0.325 e. The van der Waals surface area contributed by atoms with Crippen LogP contribution in [0.3, 0.4) is 0 Å². The van der Waals surface area contributed by atoms with Gasteiger partial charge in [0.25, 0.3) is 11.6 Å². The van der Waals surface area contributed by atoms with Crippen LogP contribution in [0, 0.1) is 17.0 Å². The molecule has 1 amide bonds. The molecule has 96 valence electrons. The molecule has 0 fully saturated rings. The molecule has 7 heteroatoms. The van der Waals surface area contributed by atoms with Crippen molar-refractivity contribution in [3.63, 3.8) is 0 Å². The molecule has 18 heavy (non-hydrogen) atoms. The Kier molecular flexibility index (Phi) is 4.36. The van der Waals surface area contributed by atoms with E-state index in [9.17, 15) is 19.7 Å². The molecule has 0 saturated heterocycles. The number of carbonyl (C=O) groups is 2. The zero-order valence-corrected chi connectivity index (χ0v) is 9.93. The molecular weight excluding hydrogens is 240 g/mol. The Morgan fingerprint density at radius 3 is 2.67 bits per heavy atom. The van der Waals surface area contributed by atoms with E-state index in [1.165, 1.54) is 25.3 Å². The molecule has 0 aromatic heterocycles. The number of methoxy groups -OCH3 is 1. The summed E-state index contributed by atoms with van der Waals surface area (Å²) < 4.78 is 4.36. The molecule has 0 unspecified atom stereocenters. The first kappa shape index (κ1) is 13.6. The fourth-order valence-electron chi connectivity index (χ4n) is 1.27. The third kappa shape index (κ3) is 3.27. The van der Waals surface area contributed by atoms with Crippen LogP contribution >= 0.6 is 0 Å². The summed E-state index contributed by atoms with van der Waals surface area (Å²) >= 11 is 0. The van der Waals surface area contributed by atoms with Gasteiger partial charge < -0.3 is 10.1 Å². The second-order valence-electron chi connectivity index (χ2n) is 3.52. The van der Waals surface area contributed by atoms with Gasteiger partial charge in [-0.1, -0.05) is 6.07 Å². The van der Waals surface area contributed by atoms with E-state index in [1.807, 2.05) is 0 Å². The number of rotatable bonds is 4. The Balaban J connectivity index is 2.84. The van der Waals surface area contributed by atoms with E-state index in [0.717, 1.165) is 0 Å². The lowest BCUT2D eigenvalue weighted by Crippen LogP contribution is -2.30. The SMILES string of the molecule is COC(=O)CNC(=O)c1ccc(C)c([N+](=O)[O-])c1. The van der Waals surface area contributed by atoms with Crippen LogP contribution in [-0.4, -0.2) is 30.5 Å². The van der Waals surface area contributed by atoms with Crippen molar-refractivity contribution in [2.45, 2.75) is 6.92 Å². The molecule has 0 radical (unpaired) electrons. The van der Waals surface area contributed by atoms with Gasteiger partial charge in [-0.2, -0.15) is 0 Å². The summed E-state index contributed by atoms with van der Waals surface area (Å²) in [5, 5.41) is 13.0. The Morgan fingerprint density at radius 1 is 1.44 bits per heavy atom. The Hall–Kier alpha value is -2.44. The van der Waals surface area contributed by atoms with Crippen LogP contribution in [0.25, 0.3) is 0 Å². The highest BCUT2D eigenvalue weighted by atomic mass is 16.6. The largest absolute Gasteiger partial charge is 0.468 e. The zero-order chi connectivity index (χ0) is 13.7. The number of carbonyl (C=O) groups excluding carboxylic acids is 2. The van der Waals surface area contributed by atoms with Crippen LogP contribution in [0.2, 0.25) is 0 Å². The number of nitrogens with zero attached hydrogens (tertiary/aromatic N) is 1. The maximum absolute atomic E-state index is 11.6. The second-order valence-corrected chi connectivity index (χ2v) is 3.52. The molecule has 1 rings (SSSR count). The summed E-state index contributed by atoms with van der Waals surface area (Å²) in [5.74, 6) is -1.16. The predicted octanol–water partition coefficient (Wildman–Crippen LogP) is 0.806. The van der Waals surface area contributed by atoms with E-state index in [1.54, 1.807) is 6.92 Å². The summed E-state index contributed by atoms with van der Waals surface area (Å²) in [7, 11) is 1.20. The first-order valence-corrected chi connectivity index (χ1v) is 5.05. The number of hydrogen-bond donors (Lipinski definition) is 1. The molecule has 0 spiro atoms. The van der Waals surface area contributed by atoms with Gasteiger partial charge in [-0.05, 0) is 13.0 Å².